The normalized spacial score (nSPS) is 27.9. The van der Waals surface area contributed by atoms with Gasteiger partial charge in [-0.1, -0.05) is 0 Å². The number of hydrogen-bond donors (Lipinski definition) is 1. The molecule has 4 heteroatoms. The van der Waals surface area contributed by atoms with Gasteiger partial charge in [0.2, 0.25) is 0 Å². The Bertz CT molecular complexity index is 297. The number of nitrogens with one attached hydrogen (secondary N) is 1. The number of ether oxygens (including phenoxy) is 1. The molecule has 2 heterocycles. The van der Waals surface area contributed by atoms with E-state index < -0.39 is 0 Å². The average molecular weight is 195 g/mol. The summed E-state index contributed by atoms with van der Waals surface area (Å²) in [7, 11) is 3.97. The summed E-state index contributed by atoms with van der Waals surface area (Å²) >= 11 is 0. The van der Waals surface area contributed by atoms with Crippen molar-refractivity contribution >= 4 is 0 Å². The first kappa shape index (κ1) is 9.68. The number of nitrogens with zero attached hydrogens (tertiary/aromatic N) is 2. The van der Waals surface area contributed by atoms with E-state index in [1.807, 2.05) is 31.0 Å². The van der Waals surface area contributed by atoms with Crippen molar-refractivity contribution in [2.75, 3.05) is 13.7 Å². The molecular weight excluding hydrogens is 178 g/mol. The van der Waals surface area contributed by atoms with Crippen molar-refractivity contribution in [1.29, 1.82) is 0 Å². The van der Waals surface area contributed by atoms with Gasteiger partial charge < -0.3 is 10.1 Å². The zero-order chi connectivity index (χ0) is 9.97. The summed E-state index contributed by atoms with van der Waals surface area (Å²) in [6.45, 7) is 0.835. The Balaban J connectivity index is 2.08. The van der Waals surface area contributed by atoms with E-state index in [1.165, 1.54) is 5.69 Å². The second kappa shape index (κ2) is 4.11. The molecule has 0 aromatic carbocycles. The Hall–Kier alpha value is -0.870. The summed E-state index contributed by atoms with van der Waals surface area (Å²) in [6, 6.07) is 2.60. The van der Waals surface area contributed by atoms with Crippen LogP contribution in [-0.2, 0) is 11.8 Å². The zero-order valence-corrected chi connectivity index (χ0v) is 8.73. The van der Waals surface area contributed by atoms with Crippen molar-refractivity contribution in [3.8, 4) is 0 Å². The molecule has 1 fully saturated rings. The van der Waals surface area contributed by atoms with Crippen LogP contribution < -0.4 is 5.32 Å². The van der Waals surface area contributed by atoms with E-state index >= 15 is 0 Å². The first-order valence-electron chi connectivity index (χ1n) is 5.08. The van der Waals surface area contributed by atoms with Gasteiger partial charge in [0.25, 0.3) is 0 Å². The fourth-order valence-electron chi connectivity index (χ4n) is 1.97. The van der Waals surface area contributed by atoms with Gasteiger partial charge in [0.1, 0.15) is 6.10 Å². The smallest absolute Gasteiger partial charge is 0.101 e. The third kappa shape index (κ3) is 1.81. The molecule has 2 rings (SSSR count). The molecule has 4 nitrogen and oxygen atoms in total. The van der Waals surface area contributed by atoms with Gasteiger partial charge in [0, 0.05) is 25.9 Å². The van der Waals surface area contributed by atoms with Crippen molar-refractivity contribution in [3.05, 3.63) is 18.0 Å². The molecule has 2 atom stereocenters. The van der Waals surface area contributed by atoms with Gasteiger partial charge in [-0.15, -0.1) is 0 Å². The molecule has 1 saturated heterocycles. The van der Waals surface area contributed by atoms with Gasteiger partial charge in [-0.3, -0.25) is 4.68 Å². The standard InChI is InChI=1S/C10H17N3O/c1-11-8-4-6-14-10(7-8)9-3-5-12-13(9)2/h3,5,8,10-11H,4,6-7H2,1-2H3. The van der Waals surface area contributed by atoms with Gasteiger partial charge in [0.05, 0.1) is 5.69 Å². The van der Waals surface area contributed by atoms with Crippen LogP contribution in [0.3, 0.4) is 0 Å². The monoisotopic (exact) mass is 195 g/mol. The highest BCUT2D eigenvalue weighted by Crippen LogP contribution is 2.27. The van der Waals surface area contributed by atoms with E-state index in [2.05, 4.69) is 10.4 Å². The Morgan fingerprint density at radius 2 is 2.50 bits per heavy atom. The SMILES string of the molecule is CNC1CCOC(c2ccnn2C)C1. The minimum absolute atomic E-state index is 0.202. The molecule has 1 aromatic rings. The van der Waals surface area contributed by atoms with Crippen LogP contribution in [0.25, 0.3) is 0 Å². The van der Waals surface area contributed by atoms with Gasteiger partial charge >= 0.3 is 0 Å². The van der Waals surface area contributed by atoms with E-state index in [0.29, 0.717) is 6.04 Å². The van der Waals surface area contributed by atoms with Crippen LogP contribution in [0.2, 0.25) is 0 Å². The minimum Gasteiger partial charge on any atom is -0.372 e. The number of aryl methyl sites for hydroxylation is 1. The van der Waals surface area contributed by atoms with E-state index in [0.717, 1.165) is 19.4 Å². The fraction of sp³-hybridized carbons (Fsp3) is 0.700. The lowest BCUT2D eigenvalue weighted by Gasteiger charge is -2.29. The third-order valence-electron chi connectivity index (χ3n) is 2.88. The van der Waals surface area contributed by atoms with Crippen molar-refractivity contribution in [3.63, 3.8) is 0 Å². The lowest BCUT2D eigenvalue weighted by molar-refractivity contribution is -0.00302. The minimum atomic E-state index is 0.202. The lowest BCUT2D eigenvalue weighted by atomic mass is 10.0. The fourth-order valence-corrected chi connectivity index (χ4v) is 1.97. The predicted octanol–water partition coefficient (Wildman–Crippen LogP) is 0.860. The summed E-state index contributed by atoms with van der Waals surface area (Å²) in [5.41, 5.74) is 1.17. The Labute approximate surface area is 84.3 Å². The summed E-state index contributed by atoms with van der Waals surface area (Å²) in [5.74, 6) is 0. The van der Waals surface area contributed by atoms with E-state index in [-0.39, 0.29) is 6.10 Å². The molecule has 1 N–H and O–H groups in total. The van der Waals surface area contributed by atoms with Crippen LogP contribution in [0.1, 0.15) is 24.6 Å². The number of hydrogen-bond acceptors (Lipinski definition) is 3. The van der Waals surface area contributed by atoms with Crippen LogP contribution >= 0.6 is 0 Å². The number of rotatable bonds is 2. The van der Waals surface area contributed by atoms with E-state index in [4.69, 9.17) is 4.74 Å². The molecule has 14 heavy (non-hydrogen) atoms. The molecule has 0 saturated carbocycles. The van der Waals surface area contributed by atoms with Crippen LogP contribution in [0.15, 0.2) is 12.3 Å². The Morgan fingerprint density at radius 1 is 1.64 bits per heavy atom. The molecule has 2 unspecified atom stereocenters. The van der Waals surface area contributed by atoms with Gasteiger partial charge in [-0.25, -0.2) is 0 Å². The second-order valence-corrected chi connectivity index (χ2v) is 3.75. The summed E-state index contributed by atoms with van der Waals surface area (Å²) in [6.07, 6.45) is 4.16. The molecule has 0 radical (unpaired) electrons. The van der Waals surface area contributed by atoms with Gasteiger partial charge in [-0.2, -0.15) is 5.10 Å². The maximum absolute atomic E-state index is 5.73. The first-order valence-corrected chi connectivity index (χ1v) is 5.08. The summed E-state index contributed by atoms with van der Waals surface area (Å²) in [4.78, 5) is 0. The quantitative estimate of drug-likeness (QED) is 0.760. The van der Waals surface area contributed by atoms with E-state index in [9.17, 15) is 0 Å². The average Bonchev–Trinajstić information content (AvgIpc) is 2.65. The Kier molecular flexibility index (Phi) is 2.84. The molecule has 1 aliphatic rings. The largest absolute Gasteiger partial charge is 0.372 e. The zero-order valence-electron chi connectivity index (χ0n) is 8.73. The molecule has 78 valence electrons. The third-order valence-corrected chi connectivity index (χ3v) is 2.88. The second-order valence-electron chi connectivity index (χ2n) is 3.75. The van der Waals surface area contributed by atoms with Crippen molar-refractivity contribution < 1.29 is 4.74 Å². The van der Waals surface area contributed by atoms with E-state index in [1.54, 1.807) is 0 Å². The molecule has 0 bridgehead atoms. The summed E-state index contributed by atoms with van der Waals surface area (Å²) in [5, 5.41) is 7.46. The highest BCUT2D eigenvalue weighted by Gasteiger charge is 2.24. The maximum Gasteiger partial charge on any atom is 0.101 e. The maximum atomic E-state index is 5.73. The number of aromatic nitrogens is 2. The lowest BCUT2D eigenvalue weighted by Crippen LogP contribution is -2.34. The molecule has 0 spiro atoms. The molecule has 1 aromatic heterocycles. The molecule has 0 amide bonds. The van der Waals surface area contributed by atoms with Crippen LogP contribution in [0.5, 0.6) is 0 Å². The van der Waals surface area contributed by atoms with Crippen LogP contribution in [0, 0.1) is 0 Å². The van der Waals surface area contributed by atoms with Crippen molar-refractivity contribution in [2.45, 2.75) is 25.0 Å². The van der Waals surface area contributed by atoms with Crippen molar-refractivity contribution in [1.82, 2.24) is 15.1 Å². The molecule has 0 aliphatic carbocycles. The highest BCUT2D eigenvalue weighted by molar-refractivity contribution is 5.06. The first-order chi connectivity index (χ1) is 6.81. The predicted molar refractivity (Wildman–Crippen MR) is 54.0 cm³/mol. The summed E-state index contributed by atoms with van der Waals surface area (Å²) < 4.78 is 7.63. The molecule has 1 aliphatic heterocycles. The molecular formula is C10H17N3O. The van der Waals surface area contributed by atoms with Crippen LogP contribution in [-0.4, -0.2) is 29.5 Å². The van der Waals surface area contributed by atoms with Gasteiger partial charge in [-0.05, 0) is 26.0 Å². The van der Waals surface area contributed by atoms with Crippen molar-refractivity contribution in [2.24, 2.45) is 7.05 Å². The highest BCUT2D eigenvalue weighted by atomic mass is 16.5. The Morgan fingerprint density at radius 3 is 3.14 bits per heavy atom. The van der Waals surface area contributed by atoms with Gasteiger partial charge in [0.15, 0.2) is 0 Å². The van der Waals surface area contributed by atoms with Crippen LogP contribution in [0.4, 0.5) is 0 Å². The topological polar surface area (TPSA) is 39.1 Å².